The molecule has 0 aromatic carbocycles. The normalized spacial score (nSPS) is 33.9. The molecule has 0 aromatic heterocycles. The summed E-state index contributed by atoms with van der Waals surface area (Å²) in [7, 11) is 2.21. The molecule has 2 unspecified atom stereocenters. The third kappa shape index (κ3) is 2.95. The maximum atomic E-state index is 12.3. The molecule has 3 aliphatic rings. The van der Waals surface area contributed by atoms with Gasteiger partial charge in [0.25, 0.3) is 0 Å². The Morgan fingerprint density at radius 1 is 1.05 bits per heavy atom. The number of fused-ring (bicyclic) bond motifs is 1. The minimum Gasteiger partial charge on any atom is -0.342 e. The first-order valence-corrected chi connectivity index (χ1v) is 7.80. The Hall–Kier alpha value is -0.610. The number of hydrogen-bond acceptors (Lipinski definition) is 3. The monoisotopic (exact) mass is 265 g/mol. The van der Waals surface area contributed by atoms with E-state index in [1.165, 1.54) is 25.9 Å². The van der Waals surface area contributed by atoms with Crippen LogP contribution in [0.1, 0.15) is 19.8 Å². The van der Waals surface area contributed by atoms with E-state index in [0.29, 0.717) is 12.5 Å². The van der Waals surface area contributed by atoms with Gasteiger partial charge in [-0.1, -0.05) is 6.92 Å². The largest absolute Gasteiger partial charge is 0.342 e. The van der Waals surface area contributed by atoms with Gasteiger partial charge in [0.1, 0.15) is 0 Å². The Kier molecular flexibility index (Phi) is 3.81. The second-order valence-corrected chi connectivity index (χ2v) is 7.00. The maximum absolute atomic E-state index is 12.3. The minimum absolute atomic E-state index is 0.361. The van der Waals surface area contributed by atoms with Crippen LogP contribution in [0.25, 0.3) is 0 Å². The van der Waals surface area contributed by atoms with Crippen LogP contribution in [0.2, 0.25) is 0 Å². The Labute approximate surface area is 116 Å². The molecule has 108 valence electrons. The first-order valence-electron chi connectivity index (χ1n) is 7.80. The fourth-order valence-corrected chi connectivity index (χ4v) is 4.00. The molecule has 3 saturated heterocycles. The van der Waals surface area contributed by atoms with Crippen LogP contribution in [0.4, 0.5) is 0 Å². The van der Waals surface area contributed by atoms with Crippen molar-refractivity contribution in [1.82, 2.24) is 14.7 Å². The first kappa shape index (κ1) is 13.4. The Morgan fingerprint density at radius 3 is 2.21 bits per heavy atom. The van der Waals surface area contributed by atoms with Crippen LogP contribution < -0.4 is 0 Å². The van der Waals surface area contributed by atoms with Gasteiger partial charge in [-0.3, -0.25) is 9.69 Å². The molecule has 0 aromatic rings. The Bertz CT molecular complexity index is 324. The van der Waals surface area contributed by atoms with E-state index in [2.05, 4.69) is 28.7 Å². The molecular weight excluding hydrogens is 238 g/mol. The molecule has 0 N–H and O–H groups in total. The van der Waals surface area contributed by atoms with Crippen molar-refractivity contribution in [3.8, 4) is 0 Å². The predicted octanol–water partition coefficient (Wildman–Crippen LogP) is 0.738. The van der Waals surface area contributed by atoms with Gasteiger partial charge in [-0.25, -0.2) is 0 Å². The second-order valence-electron chi connectivity index (χ2n) is 7.00. The molecule has 3 fully saturated rings. The summed E-state index contributed by atoms with van der Waals surface area (Å²) in [5.74, 6) is 2.77. The number of nitrogens with zero attached hydrogens (tertiary/aromatic N) is 3. The molecule has 1 amide bonds. The minimum atomic E-state index is 0.361. The zero-order valence-corrected chi connectivity index (χ0v) is 12.3. The third-order valence-corrected chi connectivity index (χ3v) is 5.24. The Morgan fingerprint density at radius 2 is 1.63 bits per heavy atom. The summed E-state index contributed by atoms with van der Waals surface area (Å²) in [4.78, 5) is 19.2. The van der Waals surface area contributed by atoms with E-state index in [-0.39, 0.29) is 0 Å². The average Bonchev–Trinajstić information content (AvgIpc) is 2.86. The molecule has 19 heavy (non-hydrogen) atoms. The maximum Gasteiger partial charge on any atom is 0.236 e. The second kappa shape index (κ2) is 5.41. The molecule has 3 heterocycles. The van der Waals surface area contributed by atoms with Crippen molar-refractivity contribution in [2.45, 2.75) is 19.8 Å². The molecule has 0 spiro atoms. The summed E-state index contributed by atoms with van der Waals surface area (Å²) < 4.78 is 0. The van der Waals surface area contributed by atoms with Crippen LogP contribution in [0.15, 0.2) is 0 Å². The molecule has 3 rings (SSSR count). The van der Waals surface area contributed by atoms with Crippen LogP contribution in [0.5, 0.6) is 0 Å². The predicted molar refractivity (Wildman–Crippen MR) is 75.9 cm³/mol. The quantitative estimate of drug-likeness (QED) is 0.737. The topological polar surface area (TPSA) is 26.8 Å². The number of amides is 1. The standard InChI is InChI=1S/C15H27N3O/c1-12-3-5-18(6-4-12)15(19)11-17-9-13-7-16(2)8-14(13)10-17/h12-14H,3-11H2,1-2H3. The number of carbonyl (C=O) groups is 1. The summed E-state index contributed by atoms with van der Waals surface area (Å²) in [6.45, 7) is 9.60. The van der Waals surface area contributed by atoms with E-state index in [4.69, 9.17) is 0 Å². The number of piperidine rings is 1. The van der Waals surface area contributed by atoms with Gasteiger partial charge < -0.3 is 9.80 Å². The van der Waals surface area contributed by atoms with Gasteiger partial charge in [0.05, 0.1) is 6.54 Å². The smallest absolute Gasteiger partial charge is 0.236 e. The third-order valence-electron chi connectivity index (χ3n) is 5.24. The van der Waals surface area contributed by atoms with Gasteiger partial charge in [0.15, 0.2) is 0 Å². The van der Waals surface area contributed by atoms with Gasteiger partial charge in [-0.05, 0) is 37.6 Å². The molecule has 4 heteroatoms. The van der Waals surface area contributed by atoms with Crippen molar-refractivity contribution in [2.24, 2.45) is 17.8 Å². The van der Waals surface area contributed by atoms with Gasteiger partial charge in [0, 0.05) is 39.3 Å². The summed E-state index contributed by atoms with van der Waals surface area (Å²) in [5.41, 5.74) is 0. The highest BCUT2D eigenvalue weighted by atomic mass is 16.2. The zero-order chi connectivity index (χ0) is 13.4. The van der Waals surface area contributed by atoms with E-state index < -0.39 is 0 Å². The van der Waals surface area contributed by atoms with Gasteiger partial charge >= 0.3 is 0 Å². The lowest BCUT2D eigenvalue weighted by molar-refractivity contribution is -0.133. The lowest BCUT2D eigenvalue weighted by atomic mass is 9.99. The average molecular weight is 265 g/mol. The fourth-order valence-electron chi connectivity index (χ4n) is 4.00. The van der Waals surface area contributed by atoms with Crippen LogP contribution in [-0.2, 0) is 4.79 Å². The number of likely N-dealkylation sites (tertiary alicyclic amines) is 3. The molecule has 3 aliphatic heterocycles. The molecule has 0 aliphatic carbocycles. The van der Waals surface area contributed by atoms with Gasteiger partial charge in [-0.15, -0.1) is 0 Å². The molecule has 0 radical (unpaired) electrons. The number of carbonyl (C=O) groups excluding carboxylic acids is 1. The van der Waals surface area contributed by atoms with E-state index in [9.17, 15) is 4.79 Å². The summed E-state index contributed by atoms with van der Waals surface area (Å²) in [6, 6.07) is 0. The summed E-state index contributed by atoms with van der Waals surface area (Å²) in [5, 5.41) is 0. The summed E-state index contributed by atoms with van der Waals surface area (Å²) >= 11 is 0. The molecule has 4 nitrogen and oxygen atoms in total. The van der Waals surface area contributed by atoms with Crippen LogP contribution in [0.3, 0.4) is 0 Å². The highest BCUT2D eigenvalue weighted by Gasteiger charge is 2.39. The first-order chi connectivity index (χ1) is 9.11. The van der Waals surface area contributed by atoms with E-state index in [1.54, 1.807) is 0 Å². The van der Waals surface area contributed by atoms with Crippen molar-refractivity contribution in [3.05, 3.63) is 0 Å². The molecule has 0 bridgehead atoms. The van der Waals surface area contributed by atoms with Crippen molar-refractivity contribution < 1.29 is 4.79 Å². The SMILES string of the molecule is CC1CCN(C(=O)CN2CC3CN(C)CC3C2)CC1. The lowest BCUT2D eigenvalue weighted by Gasteiger charge is -2.31. The van der Waals surface area contributed by atoms with Crippen LogP contribution >= 0.6 is 0 Å². The lowest BCUT2D eigenvalue weighted by Crippen LogP contribution is -2.44. The van der Waals surface area contributed by atoms with Crippen molar-refractivity contribution in [3.63, 3.8) is 0 Å². The number of rotatable bonds is 2. The van der Waals surface area contributed by atoms with Gasteiger partial charge in [0.2, 0.25) is 5.91 Å². The van der Waals surface area contributed by atoms with Crippen LogP contribution in [0, 0.1) is 17.8 Å². The summed E-state index contributed by atoms with van der Waals surface area (Å²) in [6.07, 6.45) is 2.36. The van der Waals surface area contributed by atoms with E-state index in [1.807, 2.05) is 0 Å². The van der Waals surface area contributed by atoms with Crippen LogP contribution in [-0.4, -0.2) is 73.5 Å². The molecule has 0 saturated carbocycles. The highest BCUT2D eigenvalue weighted by molar-refractivity contribution is 5.78. The highest BCUT2D eigenvalue weighted by Crippen LogP contribution is 2.30. The molecule has 2 atom stereocenters. The van der Waals surface area contributed by atoms with E-state index >= 15 is 0 Å². The number of hydrogen-bond donors (Lipinski definition) is 0. The zero-order valence-electron chi connectivity index (χ0n) is 12.3. The molecular formula is C15H27N3O. The Balaban J connectivity index is 1.46. The van der Waals surface area contributed by atoms with Crippen molar-refractivity contribution >= 4 is 5.91 Å². The van der Waals surface area contributed by atoms with Crippen molar-refractivity contribution in [2.75, 3.05) is 52.9 Å². The van der Waals surface area contributed by atoms with Crippen molar-refractivity contribution in [1.29, 1.82) is 0 Å². The fraction of sp³-hybridized carbons (Fsp3) is 0.933. The van der Waals surface area contributed by atoms with E-state index in [0.717, 1.165) is 43.9 Å². The van der Waals surface area contributed by atoms with Gasteiger partial charge in [-0.2, -0.15) is 0 Å².